The number of nitro groups is 1. The van der Waals surface area contributed by atoms with Gasteiger partial charge in [-0.3, -0.25) is 10.1 Å². The van der Waals surface area contributed by atoms with Crippen molar-refractivity contribution in [2.75, 3.05) is 13.2 Å². The van der Waals surface area contributed by atoms with Crippen molar-refractivity contribution < 1.29 is 18.9 Å². The van der Waals surface area contributed by atoms with Crippen molar-refractivity contribution in [3.63, 3.8) is 0 Å². The van der Waals surface area contributed by atoms with Crippen molar-refractivity contribution in [1.82, 2.24) is 5.16 Å². The number of hydrogen-bond acceptors (Lipinski definition) is 7. The molecule has 3 rings (SSSR count). The predicted octanol–water partition coefficient (Wildman–Crippen LogP) is 3.17. The summed E-state index contributed by atoms with van der Waals surface area (Å²) in [5.41, 5.74) is 1.05. The van der Waals surface area contributed by atoms with Gasteiger partial charge in [0.15, 0.2) is 12.0 Å². The molecule has 21 heavy (non-hydrogen) atoms. The predicted molar refractivity (Wildman–Crippen MR) is 75.8 cm³/mol. The van der Waals surface area contributed by atoms with E-state index in [1.54, 1.807) is 12.2 Å². The highest BCUT2D eigenvalue weighted by molar-refractivity contribution is 7.11. The van der Waals surface area contributed by atoms with Crippen molar-refractivity contribution in [3.05, 3.63) is 43.5 Å². The maximum atomic E-state index is 11.0. The van der Waals surface area contributed by atoms with Crippen molar-refractivity contribution in [2.24, 2.45) is 0 Å². The average molecular weight is 308 g/mol. The fourth-order valence-electron chi connectivity index (χ4n) is 2.06. The van der Waals surface area contributed by atoms with E-state index < -0.39 is 4.92 Å². The first kappa shape index (κ1) is 13.9. The van der Waals surface area contributed by atoms with Gasteiger partial charge in [0.25, 0.3) is 0 Å². The summed E-state index contributed by atoms with van der Waals surface area (Å²) >= 11 is 1.50. The van der Waals surface area contributed by atoms with Gasteiger partial charge < -0.3 is 14.0 Å². The lowest BCUT2D eigenvalue weighted by molar-refractivity contribution is -0.386. The minimum Gasteiger partial charge on any atom is -0.349 e. The maximum absolute atomic E-state index is 11.0. The Morgan fingerprint density at radius 3 is 2.90 bits per heavy atom. The van der Waals surface area contributed by atoms with Gasteiger partial charge in [-0.15, -0.1) is 11.3 Å². The number of hydrogen-bond donors (Lipinski definition) is 0. The summed E-state index contributed by atoms with van der Waals surface area (Å²) in [6.07, 6.45) is 2.92. The third kappa shape index (κ3) is 2.73. The molecule has 0 amide bonds. The van der Waals surface area contributed by atoms with Gasteiger partial charge >= 0.3 is 5.69 Å². The summed E-state index contributed by atoms with van der Waals surface area (Å²) in [5.74, 6) is 0.130. The third-order valence-electron chi connectivity index (χ3n) is 3.03. The highest BCUT2D eigenvalue weighted by atomic mass is 32.1. The lowest BCUT2D eigenvalue weighted by atomic mass is 10.2. The van der Waals surface area contributed by atoms with Crippen molar-refractivity contribution >= 4 is 29.2 Å². The van der Waals surface area contributed by atoms with E-state index in [2.05, 4.69) is 5.16 Å². The lowest BCUT2D eigenvalue weighted by Gasteiger charge is -2.07. The molecule has 1 saturated heterocycles. The summed E-state index contributed by atoms with van der Waals surface area (Å²) in [5, 5.41) is 16.5. The molecule has 0 atom stereocenters. The van der Waals surface area contributed by atoms with Crippen LogP contribution in [0.5, 0.6) is 0 Å². The molecule has 0 unspecified atom stereocenters. The molecule has 0 aromatic carbocycles. The Labute approximate surface area is 123 Å². The Morgan fingerprint density at radius 2 is 2.19 bits per heavy atom. The molecule has 7 nitrogen and oxygen atoms in total. The van der Waals surface area contributed by atoms with E-state index in [4.69, 9.17) is 14.0 Å². The van der Waals surface area contributed by atoms with E-state index in [1.165, 1.54) is 18.3 Å². The SMILES string of the molecule is Cc1noc(/C=C/c2sccc2C2OCCO2)c1[N+](=O)[O-]. The summed E-state index contributed by atoms with van der Waals surface area (Å²) < 4.78 is 15.9. The molecule has 0 spiro atoms. The molecule has 2 aromatic rings. The summed E-state index contributed by atoms with van der Waals surface area (Å²) in [7, 11) is 0. The van der Waals surface area contributed by atoms with E-state index >= 15 is 0 Å². The van der Waals surface area contributed by atoms with Gasteiger partial charge in [0, 0.05) is 10.4 Å². The first-order valence-corrected chi connectivity index (χ1v) is 7.14. The van der Waals surface area contributed by atoms with Crippen LogP contribution in [0, 0.1) is 17.0 Å². The molecule has 110 valence electrons. The summed E-state index contributed by atoms with van der Waals surface area (Å²) in [6, 6.07) is 1.92. The quantitative estimate of drug-likeness (QED) is 0.637. The van der Waals surface area contributed by atoms with E-state index in [0.717, 1.165) is 10.4 Å². The van der Waals surface area contributed by atoms with Crippen molar-refractivity contribution in [3.8, 4) is 0 Å². The van der Waals surface area contributed by atoms with Crippen LogP contribution in [-0.2, 0) is 9.47 Å². The Bertz CT molecular complexity index is 685. The summed E-state index contributed by atoms with van der Waals surface area (Å²) in [4.78, 5) is 11.4. The molecular weight excluding hydrogens is 296 g/mol. The largest absolute Gasteiger partial charge is 0.349 e. The van der Waals surface area contributed by atoms with Gasteiger partial charge in [-0.2, -0.15) is 0 Å². The topological polar surface area (TPSA) is 87.6 Å². The van der Waals surface area contributed by atoms with E-state index in [-0.39, 0.29) is 23.4 Å². The zero-order valence-electron chi connectivity index (χ0n) is 11.1. The average Bonchev–Trinajstić information content (AvgIpc) is 3.16. The van der Waals surface area contributed by atoms with Crippen LogP contribution >= 0.6 is 11.3 Å². The van der Waals surface area contributed by atoms with E-state index in [9.17, 15) is 10.1 Å². The van der Waals surface area contributed by atoms with Gasteiger partial charge in [0.05, 0.1) is 18.1 Å². The highest BCUT2D eigenvalue weighted by Gasteiger charge is 2.23. The zero-order valence-corrected chi connectivity index (χ0v) is 12.0. The normalized spacial score (nSPS) is 16.0. The smallest absolute Gasteiger partial charge is 0.338 e. The molecule has 2 aromatic heterocycles. The molecule has 0 aliphatic carbocycles. The van der Waals surface area contributed by atoms with Crippen LogP contribution in [0.15, 0.2) is 16.0 Å². The second-order valence-electron chi connectivity index (χ2n) is 4.38. The van der Waals surface area contributed by atoms with Gasteiger partial charge in [-0.25, -0.2) is 0 Å². The van der Waals surface area contributed by atoms with Crippen LogP contribution in [0.4, 0.5) is 5.69 Å². The summed E-state index contributed by atoms with van der Waals surface area (Å²) in [6.45, 7) is 2.67. The van der Waals surface area contributed by atoms with E-state index in [1.807, 2.05) is 11.4 Å². The maximum Gasteiger partial charge on any atom is 0.338 e. The number of aromatic nitrogens is 1. The molecule has 1 aliphatic heterocycles. The van der Waals surface area contributed by atoms with Crippen molar-refractivity contribution in [2.45, 2.75) is 13.2 Å². The lowest BCUT2D eigenvalue weighted by Crippen LogP contribution is -1.97. The van der Waals surface area contributed by atoms with Crippen LogP contribution < -0.4 is 0 Å². The molecule has 3 heterocycles. The number of rotatable bonds is 4. The molecule has 0 radical (unpaired) electrons. The number of ether oxygens (including phenoxy) is 2. The second-order valence-corrected chi connectivity index (χ2v) is 5.33. The van der Waals surface area contributed by atoms with E-state index in [0.29, 0.717) is 13.2 Å². The van der Waals surface area contributed by atoms with Gasteiger partial charge in [-0.05, 0) is 30.5 Å². The monoisotopic (exact) mass is 308 g/mol. The van der Waals surface area contributed by atoms with Gasteiger partial charge in [-0.1, -0.05) is 5.16 Å². The molecule has 1 fully saturated rings. The Hall–Kier alpha value is -2.03. The van der Waals surface area contributed by atoms with Crippen molar-refractivity contribution in [1.29, 1.82) is 0 Å². The Morgan fingerprint density at radius 1 is 1.43 bits per heavy atom. The molecule has 0 saturated carbocycles. The van der Waals surface area contributed by atoms with Crippen LogP contribution in [0.3, 0.4) is 0 Å². The first-order chi connectivity index (χ1) is 10.2. The van der Waals surface area contributed by atoms with Crippen LogP contribution in [-0.4, -0.2) is 23.3 Å². The van der Waals surface area contributed by atoms with Gasteiger partial charge in [0.1, 0.15) is 0 Å². The minimum atomic E-state index is -0.496. The first-order valence-electron chi connectivity index (χ1n) is 6.26. The molecular formula is C13H12N2O5S. The third-order valence-corrected chi connectivity index (χ3v) is 3.93. The zero-order chi connectivity index (χ0) is 14.8. The highest BCUT2D eigenvalue weighted by Crippen LogP contribution is 2.32. The Balaban J connectivity index is 1.87. The fourth-order valence-corrected chi connectivity index (χ4v) is 2.87. The van der Waals surface area contributed by atoms with Crippen LogP contribution in [0.2, 0.25) is 0 Å². The number of aryl methyl sites for hydroxylation is 1. The number of nitrogens with zero attached hydrogens (tertiary/aromatic N) is 2. The fraction of sp³-hybridized carbons (Fsp3) is 0.308. The van der Waals surface area contributed by atoms with Crippen LogP contribution in [0.1, 0.15) is 28.2 Å². The second kappa shape index (κ2) is 5.76. The van der Waals surface area contributed by atoms with Crippen LogP contribution in [0.25, 0.3) is 12.2 Å². The molecule has 8 heteroatoms. The number of thiophene rings is 1. The van der Waals surface area contributed by atoms with Gasteiger partial charge in [0.2, 0.25) is 5.76 Å². The molecule has 0 bridgehead atoms. The molecule has 1 aliphatic rings. The molecule has 0 N–H and O–H groups in total. The standard InChI is InChI=1S/C13H12N2O5S/c1-8-12(15(16)17)10(20-14-8)2-3-11-9(4-7-21-11)13-18-5-6-19-13/h2-4,7,13H,5-6H2,1H3/b3-2+. The Kier molecular flexibility index (Phi) is 3.82. The minimum absolute atomic E-state index is 0.113.